The lowest BCUT2D eigenvalue weighted by atomic mass is 9.81. The average Bonchev–Trinajstić information content (AvgIpc) is 2.35. The molecule has 0 aliphatic heterocycles. The van der Waals surface area contributed by atoms with E-state index in [0.29, 0.717) is 5.56 Å². The number of hydrogen-bond acceptors (Lipinski definition) is 4. The Kier molecular flexibility index (Phi) is 6.51. The lowest BCUT2D eigenvalue weighted by molar-refractivity contribution is -0.274. The normalized spacial score (nSPS) is 13.1. The highest BCUT2D eigenvalue weighted by Gasteiger charge is 2.37. The van der Waals surface area contributed by atoms with E-state index in [1.165, 1.54) is 19.2 Å². The van der Waals surface area contributed by atoms with E-state index in [4.69, 9.17) is 5.73 Å². The second kappa shape index (κ2) is 7.00. The molecule has 8 heteroatoms. The SMILES string of the molecule is COC(=O)C(C)(C)[C@H](N)c1ccc(OC(F)(F)F)cc1.Cl. The molecule has 0 amide bonds. The fraction of sp³-hybridized carbons (Fsp3) is 0.462. The van der Waals surface area contributed by atoms with Crippen LogP contribution in [0, 0.1) is 5.41 Å². The van der Waals surface area contributed by atoms with E-state index in [1.807, 2.05) is 0 Å². The number of esters is 1. The molecule has 2 N–H and O–H groups in total. The van der Waals surface area contributed by atoms with E-state index in [0.717, 1.165) is 12.1 Å². The molecule has 0 fully saturated rings. The molecule has 1 aromatic carbocycles. The Labute approximate surface area is 126 Å². The first-order chi connectivity index (χ1) is 9.08. The van der Waals surface area contributed by atoms with Crippen LogP contribution in [0.4, 0.5) is 13.2 Å². The summed E-state index contributed by atoms with van der Waals surface area (Å²) in [7, 11) is 1.25. The third-order valence-electron chi connectivity index (χ3n) is 2.96. The molecule has 0 unspecified atom stereocenters. The summed E-state index contributed by atoms with van der Waals surface area (Å²) in [5.74, 6) is -0.843. The second-order valence-corrected chi connectivity index (χ2v) is 4.81. The van der Waals surface area contributed by atoms with Crippen molar-refractivity contribution in [3.05, 3.63) is 29.8 Å². The molecule has 1 atom stereocenters. The molecular weight excluding hydrogens is 311 g/mol. The maximum Gasteiger partial charge on any atom is 0.573 e. The van der Waals surface area contributed by atoms with Gasteiger partial charge in [-0.25, -0.2) is 0 Å². The molecule has 120 valence electrons. The van der Waals surface area contributed by atoms with Crippen molar-refractivity contribution >= 4 is 18.4 Å². The van der Waals surface area contributed by atoms with Crippen molar-refractivity contribution in [1.82, 2.24) is 0 Å². The highest BCUT2D eigenvalue weighted by atomic mass is 35.5. The van der Waals surface area contributed by atoms with Gasteiger partial charge in [-0.2, -0.15) is 0 Å². The van der Waals surface area contributed by atoms with Crippen LogP contribution < -0.4 is 10.5 Å². The number of carbonyl (C=O) groups excluding carboxylic acids is 1. The fourth-order valence-electron chi connectivity index (χ4n) is 1.68. The maximum atomic E-state index is 12.0. The van der Waals surface area contributed by atoms with Gasteiger partial charge >= 0.3 is 12.3 Å². The monoisotopic (exact) mass is 327 g/mol. The van der Waals surface area contributed by atoms with Crippen molar-refractivity contribution in [1.29, 1.82) is 0 Å². The summed E-state index contributed by atoms with van der Waals surface area (Å²) in [6.45, 7) is 3.20. The highest BCUT2D eigenvalue weighted by molar-refractivity contribution is 5.85. The molecule has 0 saturated heterocycles. The third kappa shape index (κ3) is 5.09. The van der Waals surface area contributed by atoms with Crippen LogP contribution in [0.5, 0.6) is 5.75 Å². The molecule has 0 aromatic heterocycles. The molecule has 0 aliphatic rings. The molecule has 1 rings (SSSR count). The molecule has 0 heterocycles. The summed E-state index contributed by atoms with van der Waals surface area (Å²) in [6.07, 6.45) is -4.74. The average molecular weight is 328 g/mol. The summed E-state index contributed by atoms with van der Waals surface area (Å²) in [6, 6.07) is 4.36. The number of benzene rings is 1. The zero-order valence-electron chi connectivity index (χ0n) is 11.7. The summed E-state index contributed by atoms with van der Waals surface area (Å²) in [5.41, 5.74) is 5.47. The number of rotatable bonds is 4. The van der Waals surface area contributed by atoms with Crippen LogP contribution in [0.25, 0.3) is 0 Å². The molecule has 0 aliphatic carbocycles. The van der Waals surface area contributed by atoms with Crippen LogP contribution in [0.3, 0.4) is 0 Å². The van der Waals surface area contributed by atoms with E-state index >= 15 is 0 Å². The van der Waals surface area contributed by atoms with Crippen molar-refractivity contribution in [2.75, 3.05) is 7.11 Å². The Morgan fingerprint density at radius 3 is 2.05 bits per heavy atom. The van der Waals surface area contributed by atoms with Gasteiger partial charge in [0.2, 0.25) is 0 Å². The zero-order valence-corrected chi connectivity index (χ0v) is 12.5. The Morgan fingerprint density at radius 1 is 1.19 bits per heavy atom. The molecule has 1 aromatic rings. The molecule has 21 heavy (non-hydrogen) atoms. The smallest absolute Gasteiger partial charge is 0.469 e. The quantitative estimate of drug-likeness (QED) is 0.863. The van der Waals surface area contributed by atoms with Crippen LogP contribution in [-0.2, 0) is 9.53 Å². The molecular formula is C13H17ClF3NO3. The Hall–Kier alpha value is -1.47. The van der Waals surface area contributed by atoms with Gasteiger partial charge in [0.1, 0.15) is 5.75 Å². The second-order valence-electron chi connectivity index (χ2n) is 4.81. The Morgan fingerprint density at radius 2 is 1.67 bits per heavy atom. The van der Waals surface area contributed by atoms with E-state index in [1.54, 1.807) is 13.8 Å². The van der Waals surface area contributed by atoms with Gasteiger partial charge in [0, 0.05) is 6.04 Å². The van der Waals surface area contributed by atoms with Crippen molar-refractivity contribution in [3.8, 4) is 5.75 Å². The standard InChI is InChI=1S/C13H16F3NO3.ClH/c1-12(2,11(18)19-3)10(17)8-4-6-9(7-5-8)20-13(14,15)16;/h4-7,10H,17H2,1-3H3;1H/t10-;/m1./s1. The number of alkyl halides is 3. The fourth-order valence-corrected chi connectivity index (χ4v) is 1.68. The van der Waals surface area contributed by atoms with E-state index in [9.17, 15) is 18.0 Å². The Balaban J connectivity index is 0.00000400. The number of carbonyl (C=O) groups is 1. The number of methoxy groups -OCH3 is 1. The zero-order chi connectivity index (χ0) is 15.6. The van der Waals surface area contributed by atoms with Gasteiger partial charge in [-0.3, -0.25) is 4.79 Å². The van der Waals surface area contributed by atoms with Crippen LogP contribution in [0.1, 0.15) is 25.5 Å². The van der Waals surface area contributed by atoms with Gasteiger partial charge in [-0.1, -0.05) is 12.1 Å². The first-order valence-corrected chi connectivity index (χ1v) is 5.77. The summed E-state index contributed by atoms with van der Waals surface area (Å²) >= 11 is 0. The number of hydrogen-bond donors (Lipinski definition) is 1. The van der Waals surface area contributed by atoms with Gasteiger partial charge < -0.3 is 15.2 Å². The lowest BCUT2D eigenvalue weighted by Crippen LogP contribution is -2.37. The van der Waals surface area contributed by atoms with Gasteiger partial charge in [0.15, 0.2) is 0 Å². The molecule has 0 spiro atoms. The minimum absolute atomic E-state index is 0. The van der Waals surface area contributed by atoms with E-state index in [2.05, 4.69) is 9.47 Å². The number of halogens is 4. The van der Waals surface area contributed by atoms with Gasteiger partial charge in [-0.05, 0) is 31.5 Å². The van der Waals surface area contributed by atoms with Crippen LogP contribution in [0.15, 0.2) is 24.3 Å². The largest absolute Gasteiger partial charge is 0.573 e. The van der Waals surface area contributed by atoms with Crippen molar-refractivity contribution in [2.24, 2.45) is 11.1 Å². The van der Waals surface area contributed by atoms with Gasteiger partial charge in [0.25, 0.3) is 0 Å². The van der Waals surface area contributed by atoms with Crippen LogP contribution in [-0.4, -0.2) is 19.4 Å². The van der Waals surface area contributed by atoms with Crippen LogP contribution in [0.2, 0.25) is 0 Å². The molecule has 0 bridgehead atoms. The number of ether oxygens (including phenoxy) is 2. The maximum absolute atomic E-state index is 12.0. The Bertz CT molecular complexity index is 475. The lowest BCUT2D eigenvalue weighted by Gasteiger charge is -2.29. The minimum atomic E-state index is -4.74. The molecule has 0 radical (unpaired) electrons. The summed E-state index contributed by atoms with van der Waals surface area (Å²) in [4.78, 5) is 11.6. The van der Waals surface area contributed by atoms with Crippen molar-refractivity contribution < 1.29 is 27.4 Å². The predicted molar refractivity (Wildman–Crippen MR) is 73.1 cm³/mol. The van der Waals surface area contributed by atoms with E-state index < -0.39 is 23.8 Å². The number of nitrogens with two attached hydrogens (primary N) is 1. The van der Waals surface area contributed by atoms with Gasteiger partial charge in [-0.15, -0.1) is 25.6 Å². The van der Waals surface area contributed by atoms with Gasteiger partial charge in [0.05, 0.1) is 12.5 Å². The first-order valence-electron chi connectivity index (χ1n) is 5.77. The molecule has 4 nitrogen and oxygen atoms in total. The summed E-state index contributed by atoms with van der Waals surface area (Å²) in [5, 5.41) is 0. The molecule has 0 saturated carbocycles. The third-order valence-corrected chi connectivity index (χ3v) is 2.96. The highest BCUT2D eigenvalue weighted by Crippen LogP contribution is 2.33. The van der Waals surface area contributed by atoms with Crippen molar-refractivity contribution in [3.63, 3.8) is 0 Å². The van der Waals surface area contributed by atoms with Crippen LogP contribution >= 0.6 is 12.4 Å². The van der Waals surface area contributed by atoms with Crippen molar-refractivity contribution in [2.45, 2.75) is 26.3 Å². The minimum Gasteiger partial charge on any atom is -0.469 e. The van der Waals surface area contributed by atoms with E-state index in [-0.39, 0.29) is 18.2 Å². The topological polar surface area (TPSA) is 61.5 Å². The predicted octanol–water partition coefficient (Wildman–Crippen LogP) is 3.21. The first kappa shape index (κ1) is 19.5. The summed E-state index contributed by atoms with van der Waals surface area (Å²) < 4.78 is 44.5.